The first-order valence-electron chi connectivity index (χ1n) is 14.8. The number of nitrogens with one attached hydrogen (secondary N) is 1. The lowest BCUT2D eigenvalue weighted by Gasteiger charge is -2.13. The standard InChI is InChI=1S/C25H27NO3/c1-18-6-2-11-22(14-18)24(27)17-26-13-5-8-19-7-3-9-20(15-19)21-10-4-12-23(16-21)25(28)29/h2-4,6-7,9-12,14-16,24,26-27H,5,8,13,17H2,1H3,(H,28,29)/t24-/m0/s1/i3D,4D,7D,9D,10D,12D,13D2,15D,16D,17D2. The number of carboxylic acid groups (broad SMARTS) is 1. The van der Waals surface area contributed by atoms with Crippen LogP contribution < -0.4 is 5.32 Å². The molecule has 0 aliphatic heterocycles. The number of carboxylic acids is 1. The molecule has 0 amide bonds. The van der Waals surface area contributed by atoms with Crippen LogP contribution in [0, 0.1) is 6.92 Å². The molecule has 0 radical (unpaired) electrons. The molecule has 4 nitrogen and oxygen atoms in total. The van der Waals surface area contributed by atoms with Gasteiger partial charge in [-0.2, -0.15) is 0 Å². The molecular formula is C25H27NO3. The van der Waals surface area contributed by atoms with Crippen LogP contribution in [0.15, 0.2) is 72.6 Å². The number of aromatic carboxylic acids is 1. The monoisotopic (exact) mass is 401 g/mol. The van der Waals surface area contributed by atoms with Gasteiger partial charge in [0.1, 0.15) is 0 Å². The molecular weight excluding hydrogens is 362 g/mol. The zero-order valence-corrected chi connectivity index (χ0v) is 15.6. The van der Waals surface area contributed by atoms with Crippen molar-refractivity contribution in [2.75, 3.05) is 13.0 Å². The maximum absolute atomic E-state index is 11.7. The molecule has 3 aromatic carbocycles. The van der Waals surface area contributed by atoms with E-state index in [-0.39, 0.29) is 11.1 Å². The number of hydrogen-bond acceptors (Lipinski definition) is 3. The van der Waals surface area contributed by atoms with E-state index in [2.05, 4.69) is 5.32 Å². The molecule has 0 saturated heterocycles. The molecule has 0 saturated carbocycles. The summed E-state index contributed by atoms with van der Waals surface area (Å²) in [5, 5.41) is 22.2. The molecule has 0 fully saturated rings. The van der Waals surface area contributed by atoms with Gasteiger partial charge in [0, 0.05) is 12.0 Å². The average molecular weight is 402 g/mol. The molecule has 29 heavy (non-hydrogen) atoms. The highest BCUT2D eigenvalue weighted by molar-refractivity contribution is 5.89. The first-order chi connectivity index (χ1) is 18.8. The lowest BCUT2D eigenvalue weighted by atomic mass is 9.99. The normalized spacial score (nSPS) is 18.8. The van der Waals surface area contributed by atoms with Crippen LogP contribution in [0.25, 0.3) is 11.1 Å². The molecule has 0 spiro atoms. The van der Waals surface area contributed by atoms with Gasteiger partial charge in [-0.25, -0.2) is 4.79 Å². The van der Waals surface area contributed by atoms with Gasteiger partial charge in [-0.3, -0.25) is 0 Å². The third-order valence-corrected chi connectivity index (χ3v) is 3.92. The summed E-state index contributed by atoms with van der Waals surface area (Å²) < 4.78 is 98.8. The molecule has 3 N–H and O–H groups in total. The Hall–Kier alpha value is -2.95. The van der Waals surface area contributed by atoms with Crippen molar-refractivity contribution in [3.63, 3.8) is 0 Å². The Morgan fingerprint density at radius 3 is 2.69 bits per heavy atom. The second kappa shape index (κ2) is 10.0. The Kier molecular flexibility index (Phi) is 3.52. The summed E-state index contributed by atoms with van der Waals surface area (Å²) in [6.45, 7) is -3.43. The molecule has 0 bridgehead atoms. The quantitative estimate of drug-likeness (QED) is 0.489. The molecule has 150 valence electrons. The predicted octanol–water partition coefficient (Wildman–Crippen LogP) is 4.62. The summed E-state index contributed by atoms with van der Waals surface area (Å²) in [6, 6.07) is 0.0726. The highest BCUT2D eigenvalue weighted by atomic mass is 16.4. The largest absolute Gasteiger partial charge is 0.478 e. The maximum atomic E-state index is 11.7. The fourth-order valence-electron chi connectivity index (χ4n) is 2.50. The summed E-state index contributed by atoms with van der Waals surface area (Å²) in [5.41, 5.74) is -1.48. The summed E-state index contributed by atoms with van der Waals surface area (Å²) in [7, 11) is 0. The van der Waals surface area contributed by atoms with Gasteiger partial charge in [0.15, 0.2) is 0 Å². The van der Waals surface area contributed by atoms with Crippen LogP contribution >= 0.6 is 0 Å². The molecule has 0 aliphatic carbocycles. The average Bonchev–Trinajstić information content (AvgIpc) is 2.86. The topological polar surface area (TPSA) is 69.6 Å². The number of benzene rings is 3. The Balaban J connectivity index is 2.03. The lowest BCUT2D eigenvalue weighted by molar-refractivity contribution is 0.0697. The van der Waals surface area contributed by atoms with Crippen molar-refractivity contribution in [3.05, 3.63) is 94.9 Å². The molecule has 0 heterocycles. The molecule has 3 aromatic rings. The van der Waals surface area contributed by atoms with Crippen molar-refractivity contribution in [2.45, 2.75) is 25.9 Å². The minimum atomic E-state index is -2.66. The Labute approximate surface area is 188 Å². The van der Waals surface area contributed by atoms with Crippen LogP contribution in [0.4, 0.5) is 0 Å². The number of rotatable bonds is 9. The van der Waals surface area contributed by atoms with Crippen LogP contribution in [0.3, 0.4) is 0 Å². The Morgan fingerprint density at radius 2 is 1.93 bits per heavy atom. The maximum Gasteiger partial charge on any atom is 0.335 e. The summed E-state index contributed by atoms with van der Waals surface area (Å²) in [6.07, 6.45) is -2.78. The van der Waals surface area contributed by atoms with Crippen molar-refractivity contribution in [2.24, 2.45) is 0 Å². The van der Waals surface area contributed by atoms with E-state index >= 15 is 0 Å². The summed E-state index contributed by atoms with van der Waals surface area (Å²) >= 11 is 0. The Bertz CT molecular complexity index is 1530. The first kappa shape index (κ1) is 10.2. The van der Waals surface area contributed by atoms with E-state index in [9.17, 15) is 15.0 Å². The molecule has 0 aromatic heterocycles. The van der Waals surface area contributed by atoms with E-state index in [1.807, 2.05) is 0 Å². The predicted molar refractivity (Wildman–Crippen MR) is 116 cm³/mol. The second-order valence-corrected chi connectivity index (χ2v) is 6.17. The van der Waals surface area contributed by atoms with Gasteiger partial charge in [-0.05, 0) is 60.6 Å². The van der Waals surface area contributed by atoms with Crippen molar-refractivity contribution >= 4 is 5.97 Å². The van der Waals surface area contributed by atoms with E-state index in [1.54, 1.807) is 25.1 Å². The smallest absolute Gasteiger partial charge is 0.335 e. The van der Waals surface area contributed by atoms with E-state index in [0.717, 1.165) is 5.56 Å². The number of aliphatic hydroxyl groups excluding tert-OH is 1. The molecule has 1 atom stereocenters. The third-order valence-electron chi connectivity index (χ3n) is 3.92. The Morgan fingerprint density at radius 1 is 1.17 bits per heavy atom. The van der Waals surface area contributed by atoms with Crippen molar-refractivity contribution < 1.29 is 31.5 Å². The molecule has 0 unspecified atom stereocenters. The molecule has 4 heteroatoms. The van der Waals surface area contributed by atoms with Crippen molar-refractivity contribution in [1.29, 1.82) is 0 Å². The van der Waals surface area contributed by atoms with Crippen molar-refractivity contribution in [1.82, 2.24) is 5.32 Å². The summed E-state index contributed by atoms with van der Waals surface area (Å²) in [5.74, 6) is -1.74. The number of carbonyl (C=O) groups is 1. The molecule has 0 aliphatic rings. The number of aliphatic hydroxyl groups is 1. The van der Waals surface area contributed by atoms with Gasteiger partial charge in [-0.15, -0.1) is 0 Å². The van der Waals surface area contributed by atoms with Gasteiger partial charge in [0.05, 0.1) is 22.6 Å². The zero-order chi connectivity index (χ0) is 31.2. The van der Waals surface area contributed by atoms with Gasteiger partial charge in [0.2, 0.25) is 0 Å². The van der Waals surface area contributed by atoms with Crippen LogP contribution in [-0.2, 0) is 6.42 Å². The third kappa shape index (κ3) is 6.01. The highest BCUT2D eigenvalue weighted by Crippen LogP contribution is 2.22. The van der Waals surface area contributed by atoms with Crippen molar-refractivity contribution in [3.8, 4) is 11.1 Å². The fourth-order valence-corrected chi connectivity index (χ4v) is 2.50. The molecule has 3 rings (SSSR count). The van der Waals surface area contributed by atoms with E-state index in [4.69, 9.17) is 16.4 Å². The van der Waals surface area contributed by atoms with Gasteiger partial charge >= 0.3 is 5.97 Å². The summed E-state index contributed by atoms with van der Waals surface area (Å²) in [4.78, 5) is 11.7. The van der Waals surface area contributed by atoms with Crippen LogP contribution in [-0.4, -0.2) is 29.2 Å². The first-order valence-corrected chi connectivity index (χ1v) is 8.79. The van der Waals surface area contributed by atoms with Gasteiger partial charge in [-0.1, -0.05) is 66.1 Å². The second-order valence-electron chi connectivity index (χ2n) is 6.17. The van der Waals surface area contributed by atoms with Crippen LogP contribution in [0.5, 0.6) is 0 Å². The van der Waals surface area contributed by atoms with Gasteiger partial charge < -0.3 is 15.5 Å². The zero-order valence-electron chi connectivity index (χ0n) is 27.6. The highest BCUT2D eigenvalue weighted by Gasteiger charge is 2.07. The van der Waals surface area contributed by atoms with E-state index in [0.29, 0.717) is 0 Å². The fraction of sp³-hybridized carbons (Fsp3) is 0.240. The van der Waals surface area contributed by atoms with Crippen LogP contribution in [0.2, 0.25) is 0 Å². The minimum absolute atomic E-state index is 0.209. The number of aryl methyl sites for hydroxylation is 1. The number of hydrogen-bond donors (Lipinski definition) is 3. The lowest BCUT2D eigenvalue weighted by Crippen LogP contribution is -2.22. The van der Waals surface area contributed by atoms with E-state index in [1.165, 1.54) is 6.07 Å². The van der Waals surface area contributed by atoms with E-state index < -0.39 is 103 Å². The minimum Gasteiger partial charge on any atom is -0.478 e. The van der Waals surface area contributed by atoms with Crippen LogP contribution in [0.1, 0.15) is 56.0 Å². The van der Waals surface area contributed by atoms with Gasteiger partial charge in [0.25, 0.3) is 0 Å². The SMILES string of the molecule is [2H]c1c([2H])c(CCC([2H])([2H])NC([2H])([2H])[C@H](O)c2cccc(C)c2)c([2H])c(-c2c([2H])c([2H])c([2H])c(C(=O)O)c2[2H])c1[2H].